The lowest BCUT2D eigenvalue weighted by Crippen LogP contribution is -2.40. The van der Waals surface area contributed by atoms with E-state index in [2.05, 4.69) is 0 Å². The quantitative estimate of drug-likeness (QED) is 0.727. The molecule has 154 valence electrons. The van der Waals surface area contributed by atoms with Gasteiger partial charge in [0.05, 0.1) is 10.6 Å². The van der Waals surface area contributed by atoms with E-state index in [-0.39, 0.29) is 28.9 Å². The van der Waals surface area contributed by atoms with Crippen molar-refractivity contribution < 1.29 is 18.0 Å². The molecule has 2 aliphatic rings. The van der Waals surface area contributed by atoms with Crippen molar-refractivity contribution in [3.05, 3.63) is 29.8 Å². The fourth-order valence-electron chi connectivity index (χ4n) is 3.97. The van der Waals surface area contributed by atoms with Gasteiger partial charge in [-0.15, -0.1) is 0 Å². The van der Waals surface area contributed by atoms with Gasteiger partial charge >= 0.3 is 0 Å². The molecule has 1 aromatic carbocycles. The second kappa shape index (κ2) is 9.07. The van der Waals surface area contributed by atoms with Crippen molar-refractivity contribution in [2.45, 2.75) is 50.3 Å². The maximum Gasteiger partial charge on any atom is 0.223 e. The zero-order valence-corrected chi connectivity index (χ0v) is 17.4. The van der Waals surface area contributed by atoms with Crippen LogP contribution in [0.4, 0.5) is 0 Å². The highest BCUT2D eigenvalue weighted by molar-refractivity contribution is 7.91. The molecule has 1 aromatic rings. The van der Waals surface area contributed by atoms with Gasteiger partial charge in [-0.2, -0.15) is 0 Å². The van der Waals surface area contributed by atoms with Crippen molar-refractivity contribution in [3.8, 4) is 0 Å². The van der Waals surface area contributed by atoms with E-state index in [9.17, 15) is 18.0 Å². The van der Waals surface area contributed by atoms with Gasteiger partial charge in [0.25, 0.3) is 0 Å². The molecule has 2 saturated heterocycles. The number of carbonyl (C=O) groups is 2. The number of carbonyl (C=O) groups excluding carboxylic acids is 2. The summed E-state index contributed by atoms with van der Waals surface area (Å²) in [7, 11) is -3.44. The van der Waals surface area contributed by atoms with Gasteiger partial charge < -0.3 is 9.80 Å². The Balaban J connectivity index is 1.43. The highest BCUT2D eigenvalue weighted by atomic mass is 32.2. The standard InChI is InChI=1S/C21H30N2O4S/c1-17-4-6-19(7-5-17)28(26,27)15-10-20(24)23-13-8-18(9-14-23)16-21(25)22-11-2-3-12-22/h4-7,18H,2-3,8-16H2,1H3. The molecular weight excluding hydrogens is 376 g/mol. The van der Waals surface area contributed by atoms with Gasteiger partial charge in [0.15, 0.2) is 9.84 Å². The maximum atomic E-state index is 12.5. The lowest BCUT2D eigenvalue weighted by molar-refractivity contribution is -0.133. The van der Waals surface area contributed by atoms with Crippen LogP contribution in [0, 0.1) is 12.8 Å². The molecule has 0 aliphatic carbocycles. The molecule has 0 saturated carbocycles. The van der Waals surface area contributed by atoms with Crippen LogP contribution in [0.1, 0.15) is 44.1 Å². The minimum atomic E-state index is -3.44. The number of hydrogen-bond acceptors (Lipinski definition) is 4. The fraction of sp³-hybridized carbons (Fsp3) is 0.619. The first-order chi connectivity index (χ1) is 13.3. The summed E-state index contributed by atoms with van der Waals surface area (Å²) >= 11 is 0. The number of nitrogens with zero attached hydrogens (tertiary/aromatic N) is 2. The summed E-state index contributed by atoms with van der Waals surface area (Å²) < 4.78 is 24.8. The van der Waals surface area contributed by atoms with E-state index in [0.29, 0.717) is 25.4 Å². The highest BCUT2D eigenvalue weighted by Crippen LogP contribution is 2.23. The highest BCUT2D eigenvalue weighted by Gasteiger charge is 2.27. The van der Waals surface area contributed by atoms with Crippen LogP contribution < -0.4 is 0 Å². The van der Waals surface area contributed by atoms with E-state index in [1.165, 1.54) is 0 Å². The maximum absolute atomic E-state index is 12.5. The molecule has 2 fully saturated rings. The monoisotopic (exact) mass is 406 g/mol. The first-order valence-electron chi connectivity index (χ1n) is 10.2. The van der Waals surface area contributed by atoms with E-state index in [0.717, 1.165) is 44.3 Å². The largest absolute Gasteiger partial charge is 0.343 e. The average Bonchev–Trinajstić information content (AvgIpc) is 3.22. The summed E-state index contributed by atoms with van der Waals surface area (Å²) in [5.41, 5.74) is 1.00. The first-order valence-corrected chi connectivity index (χ1v) is 11.9. The lowest BCUT2D eigenvalue weighted by Gasteiger charge is -2.32. The van der Waals surface area contributed by atoms with Gasteiger partial charge in [-0.05, 0) is 50.7 Å². The second-order valence-corrected chi connectivity index (χ2v) is 10.1. The van der Waals surface area contributed by atoms with Crippen LogP contribution >= 0.6 is 0 Å². The molecule has 0 N–H and O–H groups in total. The molecule has 0 aromatic heterocycles. The van der Waals surface area contributed by atoms with Crippen molar-refractivity contribution in [2.24, 2.45) is 5.92 Å². The van der Waals surface area contributed by atoms with Gasteiger partial charge in [0, 0.05) is 39.0 Å². The third-order valence-electron chi connectivity index (χ3n) is 5.85. The molecule has 2 heterocycles. The summed E-state index contributed by atoms with van der Waals surface area (Å²) in [6.07, 6.45) is 4.41. The second-order valence-electron chi connectivity index (χ2n) is 8.00. The van der Waals surface area contributed by atoms with Crippen LogP contribution in [0.25, 0.3) is 0 Å². The van der Waals surface area contributed by atoms with Crippen LogP contribution in [0.2, 0.25) is 0 Å². The number of amides is 2. The van der Waals surface area contributed by atoms with E-state index in [1.807, 2.05) is 11.8 Å². The van der Waals surface area contributed by atoms with Crippen LogP contribution in [-0.2, 0) is 19.4 Å². The molecule has 0 atom stereocenters. The molecule has 0 unspecified atom stereocenters. The predicted octanol–water partition coefficient (Wildman–Crippen LogP) is 2.41. The number of likely N-dealkylation sites (tertiary alicyclic amines) is 2. The van der Waals surface area contributed by atoms with E-state index >= 15 is 0 Å². The SMILES string of the molecule is Cc1ccc(S(=O)(=O)CCC(=O)N2CCC(CC(=O)N3CCCC3)CC2)cc1. The Kier molecular flexibility index (Phi) is 6.75. The Bertz CT molecular complexity index is 790. The molecular formula is C21H30N2O4S. The Hall–Kier alpha value is -1.89. The molecule has 6 nitrogen and oxygen atoms in total. The molecule has 3 rings (SSSR count). The zero-order valence-electron chi connectivity index (χ0n) is 16.6. The summed E-state index contributed by atoms with van der Waals surface area (Å²) in [5, 5.41) is 0. The van der Waals surface area contributed by atoms with Gasteiger partial charge in [0.1, 0.15) is 0 Å². The molecule has 2 amide bonds. The Morgan fingerprint density at radius 3 is 2.11 bits per heavy atom. The number of benzene rings is 1. The van der Waals surface area contributed by atoms with Crippen molar-refractivity contribution >= 4 is 21.7 Å². The third-order valence-corrected chi connectivity index (χ3v) is 7.59. The first kappa shape index (κ1) is 20.8. The summed E-state index contributed by atoms with van der Waals surface area (Å²) in [5.74, 6) is 0.294. The van der Waals surface area contributed by atoms with Crippen molar-refractivity contribution in [1.29, 1.82) is 0 Å². The Morgan fingerprint density at radius 1 is 0.929 bits per heavy atom. The van der Waals surface area contributed by atoms with Gasteiger partial charge in [-0.1, -0.05) is 17.7 Å². The van der Waals surface area contributed by atoms with Gasteiger partial charge in [-0.3, -0.25) is 9.59 Å². The topological polar surface area (TPSA) is 74.8 Å². The van der Waals surface area contributed by atoms with E-state index in [1.54, 1.807) is 29.2 Å². The number of piperidine rings is 1. The molecule has 0 bridgehead atoms. The molecule has 2 aliphatic heterocycles. The van der Waals surface area contributed by atoms with Gasteiger partial charge in [0.2, 0.25) is 11.8 Å². The van der Waals surface area contributed by atoms with E-state index < -0.39 is 9.84 Å². The summed E-state index contributed by atoms with van der Waals surface area (Å²) in [6.45, 7) is 4.89. The van der Waals surface area contributed by atoms with Crippen LogP contribution in [0.5, 0.6) is 0 Å². The number of rotatable bonds is 6. The minimum absolute atomic E-state index is 0.00752. The molecule has 0 spiro atoms. The molecule has 7 heteroatoms. The Labute approximate surface area is 167 Å². The van der Waals surface area contributed by atoms with Crippen molar-refractivity contribution in [3.63, 3.8) is 0 Å². The van der Waals surface area contributed by atoms with Crippen molar-refractivity contribution in [2.75, 3.05) is 31.9 Å². The average molecular weight is 407 g/mol. The zero-order chi connectivity index (χ0) is 20.1. The fourth-order valence-corrected chi connectivity index (χ4v) is 5.20. The third kappa shape index (κ3) is 5.34. The van der Waals surface area contributed by atoms with Crippen LogP contribution in [0.3, 0.4) is 0 Å². The Morgan fingerprint density at radius 2 is 1.50 bits per heavy atom. The molecule has 28 heavy (non-hydrogen) atoms. The predicted molar refractivity (Wildman–Crippen MR) is 108 cm³/mol. The number of aryl methyl sites for hydroxylation is 1. The van der Waals surface area contributed by atoms with E-state index in [4.69, 9.17) is 0 Å². The number of hydrogen-bond donors (Lipinski definition) is 0. The summed E-state index contributed by atoms with van der Waals surface area (Å²) in [4.78, 5) is 28.7. The van der Waals surface area contributed by atoms with Crippen LogP contribution in [0.15, 0.2) is 29.2 Å². The van der Waals surface area contributed by atoms with Crippen molar-refractivity contribution in [1.82, 2.24) is 9.80 Å². The van der Waals surface area contributed by atoms with Gasteiger partial charge in [-0.25, -0.2) is 8.42 Å². The molecule has 0 radical (unpaired) electrons. The number of sulfone groups is 1. The lowest BCUT2D eigenvalue weighted by atomic mass is 9.93. The summed E-state index contributed by atoms with van der Waals surface area (Å²) in [6, 6.07) is 6.72. The normalized spacial score (nSPS) is 18.5. The smallest absolute Gasteiger partial charge is 0.223 e. The van der Waals surface area contributed by atoms with Crippen LogP contribution in [-0.4, -0.2) is 62.0 Å². The minimum Gasteiger partial charge on any atom is -0.343 e.